The maximum atomic E-state index is 11.5. The van der Waals surface area contributed by atoms with Gasteiger partial charge in [-0.15, -0.1) is 0 Å². The summed E-state index contributed by atoms with van der Waals surface area (Å²) in [5.74, 6) is -1.18. The van der Waals surface area contributed by atoms with Gasteiger partial charge in [-0.05, 0) is 40.7 Å². The van der Waals surface area contributed by atoms with Gasteiger partial charge >= 0.3 is 5.97 Å². The number of amides is 1. The minimum absolute atomic E-state index is 0.125. The molecule has 1 amide bonds. The Morgan fingerprint density at radius 3 is 2.72 bits per heavy atom. The normalized spacial score (nSPS) is 10.1. The number of nitrogens with one attached hydrogen (secondary N) is 2. The van der Waals surface area contributed by atoms with Gasteiger partial charge in [0.05, 0.1) is 5.56 Å². The van der Waals surface area contributed by atoms with Gasteiger partial charge in [0, 0.05) is 23.1 Å². The highest BCUT2D eigenvalue weighted by molar-refractivity contribution is 9.10. The van der Waals surface area contributed by atoms with Crippen LogP contribution in [-0.2, 0) is 4.79 Å². The van der Waals surface area contributed by atoms with Crippen molar-refractivity contribution in [2.45, 2.75) is 13.3 Å². The monoisotopic (exact) mass is 314 g/mol. The fourth-order valence-electron chi connectivity index (χ4n) is 1.37. The first kappa shape index (κ1) is 14.7. The Balaban J connectivity index is 2.65. The van der Waals surface area contributed by atoms with Crippen molar-refractivity contribution in [3.63, 3.8) is 0 Å². The topological polar surface area (TPSA) is 78.4 Å². The number of hydrogen-bond donors (Lipinski definition) is 3. The van der Waals surface area contributed by atoms with Crippen LogP contribution in [0.1, 0.15) is 23.7 Å². The zero-order chi connectivity index (χ0) is 13.5. The fourth-order valence-corrected chi connectivity index (χ4v) is 1.79. The molecule has 1 aromatic carbocycles. The molecule has 1 rings (SSSR count). The third kappa shape index (κ3) is 4.46. The molecule has 1 aromatic rings. The van der Waals surface area contributed by atoms with Crippen LogP contribution < -0.4 is 10.6 Å². The number of benzene rings is 1. The molecule has 0 aromatic heterocycles. The van der Waals surface area contributed by atoms with Gasteiger partial charge in [0.2, 0.25) is 5.91 Å². The van der Waals surface area contributed by atoms with Crippen LogP contribution in [0.15, 0.2) is 22.7 Å². The standard InChI is InChI=1S/C12H15BrN2O3/c1-2-14-6-5-11(16)15-8-3-4-10(13)9(7-8)12(17)18/h3-4,7,14H,2,5-6H2,1H3,(H,15,16)(H,17,18). The van der Waals surface area contributed by atoms with Crippen molar-refractivity contribution < 1.29 is 14.7 Å². The summed E-state index contributed by atoms with van der Waals surface area (Å²) < 4.78 is 0.487. The van der Waals surface area contributed by atoms with Crippen LogP contribution in [-0.4, -0.2) is 30.1 Å². The highest BCUT2D eigenvalue weighted by Crippen LogP contribution is 2.21. The van der Waals surface area contributed by atoms with Crippen molar-refractivity contribution in [1.82, 2.24) is 5.32 Å². The number of anilines is 1. The van der Waals surface area contributed by atoms with E-state index in [1.807, 2.05) is 6.92 Å². The molecule has 0 fully saturated rings. The fraction of sp³-hybridized carbons (Fsp3) is 0.333. The van der Waals surface area contributed by atoms with Crippen molar-refractivity contribution in [2.24, 2.45) is 0 Å². The zero-order valence-corrected chi connectivity index (χ0v) is 11.6. The predicted octanol–water partition coefficient (Wildman–Crippen LogP) is 2.09. The molecule has 0 unspecified atom stereocenters. The van der Waals surface area contributed by atoms with Crippen molar-refractivity contribution in [3.8, 4) is 0 Å². The van der Waals surface area contributed by atoms with Crippen LogP contribution in [0.25, 0.3) is 0 Å². The van der Waals surface area contributed by atoms with E-state index in [1.165, 1.54) is 6.07 Å². The smallest absolute Gasteiger partial charge is 0.336 e. The quantitative estimate of drug-likeness (QED) is 0.702. The maximum absolute atomic E-state index is 11.5. The van der Waals surface area contributed by atoms with Gasteiger partial charge < -0.3 is 15.7 Å². The van der Waals surface area contributed by atoms with Crippen LogP contribution in [0.2, 0.25) is 0 Å². The molecule has 0 spiro atoms. The average Bonchev–Trinajstić information content (AvgIpc) is 2.31. The Hall–Kier alpha value is -1.40. The zero-order valence-electron chi connectivity index (χ0n) is 10.00. The third-order valence-electron chi connectivity index (χ3n) is 2.26. The van der Waals surface area contributed by atoms with Crippen molar-refractivity contribution in [3.05, 3.63) is 28.2 Å². The lowest BCUT2D eigenvalue weighted by molar-refractivity contribution is -0.116. The molecule has 3 N–H and O–H groups in total. The molecule has 0 aliphatic rings. The van der Waals surface area contributed by atoms with Gasteiger partial charge in [-0.25, -0.2) is 4.79 Å². The SMILES string of the molecule is CCNCCC(=O)Nc1ccc(Br)c(C(=O)O)c1. The molecule has 0 radical (unpaired) electrons. The average molecular weight is 315 g/mol. The molecule has 98 valence electrons. The van der Waals surface area contributed by atoms with E-state index in [2.05, 4.69) is 26.6 Å². The van der Waals surface area contributed by atoms with Gasteiger partial charge in [-0.3, -0.25) is 4.79 Å². The first-order valence-electron chi connectivity index (χ1n) is 5.58. The first-order chi connectivity index (χ1) is 8.54. The molecule has 0 aliphatic carbocycles. The molecule has 0 heterocycles. The molecule has 0 atom stereocenters. The van der Waals surface area contributed by atoms with Crippen molar-refractivity contribution >= 4 is 33.5 Å². The van der Waals surface area contributed by atoms with Crippen LogP contribution in [0, 0.1) is 0 Å². The van der Waals surface area contributed by atoms with Crippen LogP contribution in [0.3, 0.4) is 0 Å². The molecule has 18 heavy (non-hydrogen) atoms. The Kier molecular flexibility index (Phi) is 5.80. The summed E-state index contributed by atoms with van der Waals surface area (Å²) in [6.45, 7) is 3.38. The van der Waals surface area contributed by atoms with E-state index < -0.39 is 5.97 Å². The molecule has 0 saturated carbocycles. The largest absolute Gasteiger partial charge is 0.478 e. The number of rotatable bonds is 6. The summed E-state index contributed by atoms with van der Waals surface area (Å²) in [4.78, 5) is 22.5. The molecule has 0 aliphatic heterocycles. The Morgan fingerprint density at radius 1 is 1.39 bits per heavy atom. The van der Waals surface area contributed by atoms with Crippen LogP contribution in [0.4, 0.5) is 5.69 Å². The van der Waals surface area contributed by atoms with E-state index in [-0.39, 0.29) is 11.5 Å². The van der Waals surface area contributed by atoms with Crippen molar-refractivity contribution in [1.29, 1.82) is 0 Å². The van der Waals surface area contributed by atoms with Gasteiger partial charge in [0.15, 0.2) is 0 Å². The number of carbonyl (C=O) groups excluding carboxylic acids is 1. The van der Waals surface area contributed by atoms with Crippen molar-refractivity contribution in [2.75, 3.05) is 18.4 Å². The molecule has 0 saturated heterocycles. The second-order valence-electron chi connectivity index (χ2n) is 3.65. The first-order valence-corrected chi connectivity index (χ1v) is 6.37. The molecular formula is C12H15BrN2O3. The minimum atomic E-state index is -1.04. The lowest BCUT2D eigenvalue weighted by Gasteiger charge is -2.07. The number of carboxylic acids is 1. The van der Waals surface area contributed by atoms with Crippen LogP contribution >= 0.6 is 15.9 Å². The maximum Gasteiger partial charge on any atom is 0.336 e. The summed E-state index contributed by atoms with van der Waals surface area (Å²) in [6, 6.07) is 4.68. The Labute approximate surface area is 114 Å². The van der Waals surface area contributed by atoms with Gasteiger partial charge in [-0.1, -0.05) is 6.92 Å². The minimum Gasteiger partial charge on any atom is -0.478 e. The van der Waals surface area contributed by atoms with E-state index in [9.17, 15) is 9.59 Å². The van der Waals surface area contributed by atoms with E-state index in [0.29, 0.717) is 23.1 Å². The van der Waals surface area contributed by atoms with E-state index in [0.717, 1.165) is 6.54 Å². The second kappa shape index (κ2) is 7.13. The number of hydrogen-bond acceptors (Lipinski definition) is 3. The number of carbonyl (C=O) groups is 2. The number of carboxylic acid groups (broad SMARTS) is 1. The Morgan fingerprint density at radius 2 is 2.11 bits per heavy atom. The predicted molar refractivity (Wildman–Crippen MR) is 72.9 cm³/mol. The third-order valence-corrected chi connectivity index (χ3v) is 2.95. The van der Waals surface area contributed by atoms with E-state index >= 15 is 0 Å². The molecule has 5 nitrogen and oxygen atoms in total. The van der Waals surface area contributed by atoms with E-state index in [1.54, 1.807) is 12.1 Å². The Bertz CT molecular complexity index is 449. The van der Waals surface area contributed by atoms with Crippen LogP contribution in [0.5, 0.6) is 0 Å². The number of halogens is 1. The summed E-state index contributed by atoms with van der Waals surface area (Å²) >= 11 is 3.14. The summed E-state index contributed by atoms with van der Waals surface area (Å²) in [7, 11) is 0. The molecule has 0 bridgehead atoms. The molecular weight excluding hydrogens is 300 g/mol. The second-order valence-corrected chi connectivity index (χ2v) is 4.51. The van der Waals surface area contributed by atoms with Gasteiger partial charge in [0.1, 0.15) is 0 Å². The summed E-state index contributed by atoms with van der Waals surface area (Å²) in [5, 5.41) is 14.6. The summed E-state index contributed by atoms with van der Waals surface area (Å²) in [5.41, 5.74) is 0.608. The highest BCUT2D eigenvalue weighted by atomic mass is 79.9. The van der Waals surface area contributed by atoms with Gasteiger partial charge in [-0.2, -0.15) is 0 Å². The lowest BCUT2D eigenvalue weighted by Crippen LogP contribution is -2.21. The van der Waals surface area contributed by atoms with E-state index in [4.69, 9.17) is 5.11 Å². The summed E-state index contributed by atoms with van der Waals surface area (Å²) in [6.07, 6.45) is 0.353. The van der Waals surface area contributed by atoms with Gasteiger partial charge in [0.25, 0.3) is 0 Å². The number of aromatic carboxylic acids is 1. The highest BCUT2D eigenvalue weighted by Gasteiger charge is 2.10. The molecule has 6 heteroatoms. The lowest BCUT2D eigenvalue weighted by atomic mass is 10.2.